The Morgan fingerprint density at radius 2 is 1.75 bits per heavy atom. The van der Waals surface area contributed by atoms with Gasteiger partial charge in [0.25, 0.3) is 6.43 Å². The predicted molar refractivity (Wildman–Crippen MR) is 85.8 cm³/mol. The molecule has 2 N–H and O–H groups in total. The van der Waals surface area contributed by atoms with E-state index in [1.807, 2.05) is 30.3 Å². The quantitative estimate of drug-likeness (QED) is 0.779. The molecule has 0 saturated heterocycles. The number of hydrogen-bond donors (Lipinski definition) is 2. The molecule has 128 valence electrons. The molecule has 6 heteroatoms. The first kappa shape index (κ1) is 17.9. The summed E-state index contributed by atoms with van der Waals surface area (Å²) in [4.78, 5) is 11.4. The van der Waals surface area contributed by atoms with Gasteiger partial charge in [-0.2, -0.15) is 0 Å². The van der Waals surface area contributed by atoms with E-state index in [1.54, 1.807) is 24.3 Å². The number of aliphatic hydroxyl groups excluding tert-OH is 1. The van der Waals surface area contributed by atoms with Crippen LogP contribution in [0.5, 0.6) is 5.75 Å². The molecule has 0 saturated carbocycles. The maximum atomic E-state index is 12.0. The van der Waals surface area contributed by atoms with E-state index in [1.165, 1.54) is 0 Å². The van der Waals surface area contributed by atoms with Crippen molar-refractivity contribution in [3.63, 3.8) is 0 Å². The monoisotopic (exact) mass is 335 g/mol. The van der Waals surface area contributed by atoms with Crippen molar-refractivity contribution in [1.82, 2.24) is 5.32 Å². The topological polar surface area (TPSA) is 58.6 Å². The van der Waals surface area contributed by atoms with Crippen molar-refractivity contribution in [3.05, 3.63) is 65.7 Å². The second-order valence-electron chi connectivity index (χ2n) is 5.26. The van der Waals surface area contributed by atoms with Gasteiger partial charge >= 0.3 is 0 Å². The molecule has 4 nitrogen and oxygen atoms in total. The number of carbonyl (C=O) groups excluding carboxylic acids is 1. The first-order valence-corrected chi connectivity index (χ1v) is 7.54. The van der Waals surface area contributed by atoms with Crippen molar-refractivity contribution >= 4 is 5.91 Å². The molecule has 0 bridgehead atoms. The minimum Gasteiger partial charge on any atom is -0.489 e. The minimum atomic E-state index is -2.60. The van der Waals surface area contributed by atoms with Crippen LogP contribution in [0.4, 0.5) is 8.78 Å². The van der Waals surface area contributed by atoms with Crippen LogP contribution < -0.4 is 10.1 Å². The number of benzene rings is 2. The highest BCUT2D eigenvalue weighted by molar-refractivity contribution is 5.76. The van der Waals surface area contributed by atoms with E-state index >= 15 is 0 Å². The third-order valence-corrected chi connectivity index (χ3v) is 3.35. The number of nitrogens with one attached hydrogen (secondary N) is 1. The molecule has 1 unspecified atom stereocenters. The summed E-state index contributed by atoms with van der Waals surface area (Å²) in [5, 5.41) is 12.0. The fourth-order valence-electron chi connectivity index (χ4n) is 2.08. The Labute approximate surface area is 139 Å². The van der Waals surface area contributed by atoms with Crippen LogP contribution in [-0.4, -0.2) is 24.0 Å². The SMILES string of the molecule is O=C(CC(O)c1ccc(OCc2ccccc2)cc1)NCC(F)F. The molecule has 0 fully saturated rings. The number of ether oxygens (including phenoxy) is 1. The van der Waals surface area contributed by atoms with Crippen LogP contribution in [0.2, 0.25) is 0 Å². The largest absolute Gasteiger partial charge is 0.489 e. The Kier molecular flexibility index (Phi) is 6.69. The summed E-state index contributed by atoms with van der Waals surface area (Å²) < 4.78 is 29.6. The standard InChI is InChI=1S/C18H19F2NO3/c19-17(20)11-21-18(23)10-16(22)14-6-8-15(9-7-14)24-12-13-4-2-1-3-5-13/h1-9,16-17,22H,10-12H2,(H,21,23). The molecule has 2 rings (SSSR count). The molecular weight excluding hydrogens is 316 g/mol. The summed E-state index contributed by atoms with van der Waals surface area (Å²) in [6, 6.07) is 16.4. The zero-order chi connectivity index (χ0) is 17.4. The number of amides is 1. The highest BCUT2D eigenvalue weighted by Gasteiger charge is 2.14. The molecule has 24 heavy (non-hydrogen) atoms. The summed E-state index contributed by atoms with van der Waals surface area (Å²) in [5.41, 5.74) is 1.56. The highest BCUT2D eigenvalue weighted by atomic mass is 19.3. The average molecular weight is 335 g/mol. The zero-order valence-corrected chi connectivity index (χ0v) is 13.0. The van der Waals surface area contributed by atoms with Gasteiger partial charge in [0.15, 0.2) is 0 Å². The van der Waals surface area contributed by atoms with Crippen molar-refractivity contribution in [2.45, 2.75) is 25.6 Å². The van der Waals surface area contributed by atoms with Gasteiger partial charge in [-0.15, -0.1) is 0 Å². The minimum absolute atomic E-state index is 0.267. The lowest BCUT2D eigenvalue weighted by molar-refractivity contribution is -0.123. The molecular formula is C18H19F2NO3. The Morgan fingerprint density at radius 3 is 2.38 bits per heavy atom. The molecule has 2 aromatic rings. The van der Waals surface area contributed by atoms with E-state index in [2.05, 4.69) is 5.32 Å². The summed E-state index contributed by atoms with van der Waals surface area (Å²) >= 11 is 0. The molecule has 0 aliphatic carbocycles. The fourth-order valence-corrected chi connectivity index (χ4v) is 2.08. The van der Waals surface area contributed by atoms with E-state index in [0.29, 0.717) is 17.9 Å². The summed E-state index contributed by atoms with van der Waals surface area (Å²) in [7, 11) is 0. The van der Waals surface area contributed by atoms with Crippen molar-refractivity contribution in [2.24, 2.45) is 0 Å². The molecule has 0 heterocycles. The lowest BCUT2D eigenvalue weighted by Crippen LogP contribution is -2.29. The van der Waals surface area contributed by atoms with E-state index in [9.17, 15) is 18.7 Å². The van der Waals surface area contributed by atoms with Crippen LogP contribution in [0, 0.1) is 0 Å². The van der Waals surface area contributed by atoms with Gasteiger partial charge in [-0.1, -0.05) is 42.5 Å². The zero-order valence-electron chi connectivity index (χ0n) is 13.0. The Balaban J connectivity index is 1.83. The van der Waals surface area contributed by atoms with Crippen molar-refractivity contribution in [3.8, 4) is 5.75 Å². The molecule has 1 atom stereocenters. The second-order valence-corrected chi connectivity index (χ2v) is 5.26. The fraction of sp³-hybridized carbons (Fsp3) is 0.278. The molecule has 0 spiro atoms. The molecule has 0 aliphatic heterocycles. The van der Waals surface area contributed by atoms with Gasteiger partial charge in [0.1, 0.15) is 12.4 Å². The molecule has 1 amide bonds. The Hall–Kier alpha value is -2.47. The van der Waals surface area contributed by atoms with Gasteiger partial charge in [-0.3, -0.25) is 4.79 Å². The van der Waals surface area contributed by atoms with Crippen LogP contribution in [0.25, 0.3) is 0 Å². The lowest BCUT2D eigenvalue weighted by Gasteiger charge is -2.12. The van der Waals surface area contributed by atoms with E-state index in [-0.39, 0.29) is 6.42 Å². The van der Waals surface area contributed by atoms with Crippen LogP contribution in [0.15, 0.2) is 54.6 Å². The second kappa shape index (κ2) is 8.98. The lowest BCUT2D eigenvalue weighted by atomic mass is 10.1. The first-order valence-electron chi connectivity index (χ1n) is 7.54. The van der Waals surface area contributed by atoms with Crippen LogP contribution in [0.3, 0.4) is 0 Å². The normalized spacial score (nSPS) is 12.0. The third-order valence-electron chi connectivity index (χ3n) is 3.35. The third kappa shape index (κ3) is 5.96. The summed E-state index contributed by atoms with van der Waals surface area (Å²) in [5.74, 6) is 0.0177. The van der Waals surface area contributed by atoms with E-state index < -0.39 is 25.0 Å². The number of aliphatic hydroxyl groups is 1. The summed E-state index contributed by atoms with van der Waals surface area (Å²) in [6.45, 7) is -0.281. The highest BCUT2D eigenvalue weighted by Crippen LogP contribution is 2.21. The molecule has 0 radical (unpaired) electrons. The summed E-state index contributed by atoms with van der Waals surface area (Å²) in [6.07, 6.45) is -3.92. The van der Waals surface area contributed by atoms with E-state index in [0.717, 1.165) is 5.56 Å². The first-order chi connectivity index (χ1) is 11.5. The van der Waals surface area contributed by atoms with Crippen molar-refractivity contribution in [1.29, 1.82) is 0 Å². The van der Waals surface area contributed by atoms with Crippen LogP contribution in [0.1, 0.15) is 23.7 Å². The van der Waals surface area contributed by atoms with Crippen LogP contribution in [-0.2, 0) is 11.4 Å². The molecule has 0 aromatic heterocycles. The average Bonchev–Trinajstić information content (AvgIpc) is 2.59. The number of alkyl halides is 2. The Morgan fingerprint density at radius 1 is 1.08 bits per heavy atom. The Bertz CT molecular complexity index is 632. The van der Waals surface area contributed by atoms with Gasteiger partial charge in [-0.25, -0.2) is 8.78 Å². The van der Waals surface area contributed by atoms with E-state index in [4.69, 9.17) is 4.74 Å². The number of carbonyl (C=O) groups is 1. The maximum Gasteiger partial charge on any atom is 0.255 e. The number of halogens is 2. The molecule has 2 aromatic carbocycles. The smallest absolute Gasteiger partial charge is 0.255 e. The molecule has 0 aliphatic rings. The van der Waals surface area contributed by atoms with Crippen LogP contribution >= 0.6 is 0 Å². The van der Waals surface area contributed by atoms with Gasteiger partial charge in [0.2, 0.25) is 5.91 Å². The maximum absolute atomic E-state index is 12.0. The van der Waals surface area contributed by atoms with Gasteiger partial charge in [0, 0.05) is 0 Å². The predicted octanol–water partition coefficient (Wildman–Crippen LogP) is 3.07. The number of rotatable bonds is 8. The van der Waals surface area contributed by atoms with Crippen molar-refractivity contribution < 1.29 is 23.4 Å². The van der Waals surface area contributed by atoms with Gasteiger partial charge in [0.05, 0.1) is 19.1 Å². The van der Waals surface area contributed by atoms with Crippen molar-refractivity contribution in [2.75, 3.05) is 6.54 Å². The van der Waals surface area contributed by atoms with Gasteiger partial charge < -0.3 is 15.2 Å². The number of hydrogen-bond acceptors (Lipinski definition) is 3. The van der Waals surface area contributed by atoms with Gasteiger partial charge in [-0.05, 0) is 23.3 Å².